The van der Waals surface area contributed by atoms with Crippen LogP contribution in [0.15, 0.2) is 4.52 Å². The van der Waals surface area contributed by atoms with Gasteiger partial charge in [-0.2, -0.15) is 4.98 Å². The van der Waals surface area contributed by atoms with Gasteiger partial charge in [-0.3, -0.25) is 9.59 Å². The normalized spacial score (nSPS) is 18.7. The molecule has 0 radical (unpaired) electrons. The maximum atomic E-state index is 12.2. The molecule has 8 nitrogen and oxygen atoms in total. The second-order valence-corrected chi connectivity index (χ2v) is 5.63. The van der Waals surface area contributed by atoms with Gasteiger partial charge in [0.25, 0.3) is 0 Å². The van der Waals surface area contributed by atoms with Gasteiger partial charge in [0, 0.05) is 31.8 Å². The Balaban J connectivity index is 1.82. The molecule has 122 valence electrons. The van der Waals surface area contributed by atoms with E-state index >= 15 is 0 Å². The lowest BCUT2D eigenvalue weighted by molar-refractivity contribution is -0.147. The Morgan fingerprint density at radius 3 is 2.86 bits per heavy atom. The van der Waals surface area contributed by atoms with Gasteiger partial charge in [0.2, 0.25) is 11.8 Å². The zero-order valence-electron chi connectivity index (χ0n) is 12.8. The van der Waals surface area contributed by atoms with E-state index in [1.165, 1.54) is 0 Å². The fraction of sp³-hybridized carbons (Fsp3) is 0.714. The van der Waals surface area contributed by atoms with Gasteiger partial charge >= 0.3 is 5.97 Å². The first-order valence-corrected chi connectivity index (χ1v) is 7.39. The number of ether oxygens (including phenoxy) is 1. The standard InChI is InChI=1S/C14H21N3O5/c1-9(2)14-15-11(22-16-14)3-4-12(18)17-5-6-21-10(8-17)7-13(19)20/h9-10H,3-8H2,1-2H3,(H,19,20). The molecule has 0 bridgehead atoms. The summed E-state index contributed by atoms with van der Waals surface area (Å²) in [7, 11) is 0. The molecule has 1 unspecified atom stereocenters. The fourth-order valence-electron chi connectivity index (χ4n) is 2.24. The first kappa shape index (κ1) is 16.4. The van der Waals surface area contributed by atoms with Crippen LogP contribution in [-0.4, -0.2) is 57.8 Å². The first-order valence-electron chi connectivity index (χ1n) is 7.39. The molecule has 1 amide bonds. The minimum Gasteiger partial charge on any atom is -0.481 e. The van der Waals surface area contributed by atoms with Gasteiger partial charge in [-0.05, 0) is 0 Å². The molecule has 1 saturated heterocycles. The number of amides is 1. The molecule has 0 aromatic carbocycles. The number of aliphatic carboxylic acids is 1. The highest BCUT2D eigenvalue weighted by molar-refractivity contribution is 5.76. The lowest BCUT2D eigenvalue weighted by Crippen LogP contribution is -2.46. The molecular formula is C14H21N3O5. The number of rotatable bonds is 6. The number of carbonyl (C=O) groups excluding carboxylic acids is 1. The Labute approximate surface area is 128 Å². The molecule has 1 aliphatic heterocycles. The molecule has 1 atom stereocenters. The average Bonchev–Trinajstić information content (AvgIpc) is 2.93. The van der Waals surface area contributed by atoms with Crippen molar-refractivity contribution < 1.29 is 24.0 Å². The molecule has 22 heavy (non-hydrogen) atoms. The molecule has 0 aliphatic carbocycles. The summed E-state index contributed by atoms with van der Waals surface area (Å²) in [4.78, 5) is 28.7. The molecule has 1 N–H and O–H groups in total. The number of carboxylic acid groups (broad SMARTS) is 1. The molecule has 8 heteroatoms. The summed E-state index contributed by atoms with van der Waals surface area (Å²) >= 11 is 0. The number of aromatic nitrogens is 2. The first-order chi connectivity index (χ1) is 10.5. The zero-order valence-corrected chi connectivity index (χ0v) is 12.8. The number of morpholine rings is 1. The summed E-state index contributed by atoms with van der Waals surface area (Å²) in [6.45, 7) is 5.09. The van der Waals surface area contributed by atoms with E-state index in [0.717, 1.165) is 0 Å². The third-order valence-corrected chi connectivity index (χ3v) is 3.45. The van der Waals surface area contributed by atoms with Crippen LogP contribution in [0.3, 0.4) is 0 Å². The van der Waals surface area contributed by atoms with E-state index in [1.807, 2.05) is 13.8 Å². The number of nitrogens with zero attached hydrogens (tertiary/aromatic N) is 3. The van der Waals surface area contributed by atoms with Gasteiger partial charge in [0.1, 0.15) is 0 Å². The van der Waals surface area contributed by atoms with E-state index in [-0.39, 0.29) is 24.7 Å². The number of carbonyl (C=O) groups is 2. The van der Waals surface area contributed by atoms with Crippen LogP contribution in [0, 0.1) is 0 Å². The molecule has 1 aliphatic rings. The number of aryl methyl sites for hydroxylation is 1. The highest BCUT2D eigenvalue weighted by atomic mass is 16.5. The van der Waals surface area contributed by atoms with Crippen molar-refractivity contribution in [3.63, 3.8) is 0 Å². The quantitative estimate of drug-likeness (QED) is 0.829. The minimum atomic E-state index is -0.925. The van der Waals surface area contributed by atoms with Gasteiger partial charge in [-0.15, -0.1) is 0 Å². The predicted molar refractivity (Wildman–Crippen MR) is 75.3 cm³/mol. The van der Waals surface area contributed by atoms with Gasteiger partial charge in [0.15, 0.2) is 5.82 Å². The molecule has 1 fully saturated rings. The summed E-state index contributed by atoms with van der Waals surface area (Å²) in [5.41, 5.74) is 0. The number of hydrogen-bond acceptors (Lipinski definition) is 6. The van der Waals surface area contributed by atoms with Crippen molar-refractivity contribution in [3.05, 3.63) is 11.7 Å². The van der Waals surface area contributed by atoms with Crippen LogP contribution >= 0.6 is 0 Å². The van der Waals surface area contributed by atoms with Crippen molar-refractivity contribution in [1.29, 1.82) is 0 Å². The van der Waals surface area contributed by atoms with Crippen molar-refractivity contribution in [2.24, 2.45) is 0 Å². The minimum absolute atomic E-state index is 0.0528. The summed E-state index contributed by atoms with van der Waals surface area (Å²) < 4.78 is 10.4. The smallest absolute Gasteiger partial charge is 0.306 e. The molecule has 0 spiro atoms. The van der Waals surface area contributed by atoms with Crippen LogP contribution < -0.4 is 0 Å². The van der Waals surface area contributed by atoms with Crippen LogP contribution in [0.4, 0.5) is 0 Å². The molecule has 1 aromatic rings. The summed E-state index contributed by atoms with van der Waals surface area (Å²) in [5.74, 6) is 0.293. The van der Waals surface area contributed by atoms with Crippen LogP contribution in [-0.2, 0) is 20.7 Å². The van der Waals surface area contributed by atoms with E-state index in [9.17, 15) is 9.59 Å². The predicted octanol–water partition coefficient (Wildman–Crippen LogP) is 0.828. The van der Waals surface area contributed by atoms with Gasteiger partial charge < -0.3 is 19.3 Å². The highest BCUT2D eigenvalue weighted by Gasteiger charge is 2.26. The molecule has 0 saturated carbocycles. The lowest BCUT2D eigenvalue weighted by atomic mass is 10.2. The van der Waals surface area contributed by atoms with Crippen molar-refractivity contribution in [2.45, 2.75) is 45.1 Å². The molecular weight excluding hydrogens is 290 g/mol. The molecule has 2 heterocycles. The van der Waals surface area contributed by atoms with Crippen LogP contribution in [0.25, 0.3) is 0 Å². The Hall–Kier alpha value is -1.96. The second-order valence-electron chi connectivity index (χ2n) is 5.63. The molecule has 1 aromatic heterocycles. The summed E-state index contributed by atoms with van der Waals surface area (Å²) in [6.07, 6.45) is 0.121. The highest BCUT2D eigenvalue weighted by Crippen LogP contribution is 2.13. The maximum Gasteiger partial charge on any atom is 0.306 e. The molecule has 2 rings (SSSR count). The largest absolute Gasteiger partial charge is 0.481 e. The van der Waals surface area contributed by atoms with Gasteiger partial charge in [0.05, 0.1) is 19.1 Å². The van der Waals surface area contributed by atoms with E-state index in [0.29, 0.717) is 37.8 Å². The maximum absolute atomic E-state index is 12.2. The Kier molecular flexibility index (Phi) is 5.48. The Bertz CT molecular complexity index is 528. The van der Waals surface area contributed by atoms with Crippen molar-refractivity contribution >= 4 is 11.9 Å². The van der Waals surface area contributed by atoms with Crippen LogP contribution in [0.5, 0.6) is 0 Å². The van der Waals surface area contributed by atoms with Gasteiger partial charge in [-0.1, -0.05) is 19.0 Å². The topological polar surface area (TPSA) is 106 Å². The third kappa shape index (κ3) is 4.52. The van der Waals surface area contributed by atoms with E-state index < -0.39 is 12.1 Å². The SMILES string of the molecule is CC(C)c1noc(CCC(=O)N2CCOC(CC(=O)O)C2)n1. The van der Waals surface area contributed by atoms with Crippen molar-refractivity contribution in [3.8, 4) is 0 Å². The number of hydrogen-bond donors (Lipinski definition) is 1. The van der Waals surface area contributed by atoms with E-state index in [1.54, 1.807) is 4.90 Å². The van der Waals surface area contributed by atoms with Crippen LogP contribution in [0.1, 0.15) is 44.3 Å². The number of carboxylic acids is 1. The van der Waals surface area contributed by atoms with Crippen molar-refractivity contribution in [2.75, 3.05) is 19.7 Å². The summed E-state index contributed by atoms with van der Waals surface area (Å²) in [6, 6.07) is 0. The van der Waals surface area contributed by atoms with E-state index in [2.05, 4.69) is 10.1 Å². The second kappa shape index (κ2) is 7.35. The fourth-order valence-corrected chi connectivity index (χ4v) is 2.24. The zero-order chi connectivity index (χ0) is 16.1. The van der Waals surface area contributed by atoms with Gasteiger partial charge in [-0.25, -0.2) is 0 Å². The van der Waals surface area contributed by atoms with Crippen molar-refractivity contribution in [1.82, 2.24) is 15.0 Å². The third-order valence-electron chi connectivity index (χ3n) is 3.45. The Morgan fingerprint density at radius 2 is 2.23 bits per heavy atom. The van der Waals surface area contributed by atoms with E-state index in [4.69, 9.17) is 14.4 Å². The average molecular weight is 311 g/mol. The Morgan fingerprint density at radius 1 is 1.45 bits per heavy atom. The van der Waals surface area contributed by atoms with Crippen LogP contribution in [0.2, 0.25) is 0 Å². The lowest BCUT2D eigenvalue weighted by Gasteiger charge is -2.32. The monoisotopic (exact) mass is 311 g/mol. The summed E-state index contributed by atoms with van der Waals surface area (Å²) in [5, 5.41) is 12.6.